The fourth-order valence-corrected chi connectivity index (χ4v) is 2.11. The molecule has 0 bridgehead atoms. The second kappa shape index (κ2) is 7.85. The first-order valence-corrected chi connectivity index (χ1v) is 7.32. The van der Waals surface area contributed by atoms with Crippen LogP contribution < -0.4 is 10.1 Å². The Morgan fingerprint density at radius 2 is 1.87 bits per heavy atom. The van der Waals surface area contributed by atoms with Gasteiger partial charge in [0.25, 0.3) is 5.91 Å². The van der Waals surface area contributed by atoms with Crippen molar-refractivity contribution in [3.63, 3.8) is 0 Å². The molecule has 0 saturated carbocycles. The van der Waals surface area contributed by atoms with Crippen molar-refractivity contribution in [1.29, 1.82) is 0 Å². The maximum absolute atomic E-state index is 11.9. The summed E-state index contributed by atoms with van der Waals surface area (Å²) in [5.41, 5.74) is 0.736. The molecule has 1 amide bonds. The van der Waals surface area contributed by atoms with E-state index in [1.165, 1.54) is 13.2 Å². The minimum absolute atomic E-state index is 0.243. The lowest BCUT2D eigenvalue weighted by Gasteiger charge is -2.10. The molecule has 5 nitrogen and oxygen atoms in total. The average molecular weight is 354 g/mol. The molecule has 0 fully saturated rings. The molecule has 23 heavy (non-hydrogen) atoms. The molecule has 0 aliphatic heterocycles. The number of benzene rings is 2. The molecular weight excluding hydrogens is 341 g/mol. The average Bonchev–Trinajstić information content (AvgIpc) is 2.56. The van der Waals surface area contributed by atoms with Crippen molar-refractivity contribution >= 4 is 40.8 Å². The first-order valence-electron chi connectivity index (χ1n) is 6.56. The Labute approximate surface area is 143 Å². The molecule has 120 valence electrons. The standard InChI is InChI=1S/C16H13Cl2NO4/c1-22-16(21)10-4-2-5-11(8-10)23-9-14(20)19-13-7-3-6-12(17)15(13)18/h2-8H,9H2,1H3,(H,19,20). The fraction of sp³-hybridized carbons (Fsp3) is 0.125. The third-order valence-electron chi connectivity index (χ3n) is 2.85. The zero-order valence-electron chi connectivity index (χ0n) is 12.1. The van der Waals surface area contributed by atoms with E-state index >= 15 is 0 Å². The molecule has 0 spiro atoms. The van der Waals surface area contributed by atoms with Crippen molar-refractivity contribution < 1.29 is 19.1 Å². The Kier molecular flexibility index (Phi) is 5.84. The van der Waals surface area contributed by atoms with Gasteiger partial charge >= 0.3 is 5.97 Å². The van der Waals surface area contributed by atoms with Gasteiger partial charge in [0.2, 0.25) is 0 Å². The normalized spacial score (nSPS) is 10.0. The number of carbonyl (C=O) groups is 2. The summed E-state index contributed by atoms with van der Waals surface area (Å²) in [7, 11) is 1.29. The second-order valence-corrected chi connectivity index (χ2v) is 5.24. The Morgan fingerprint density at radius 1 is 1.13 bits per heavy atom. The van der Waals surface area contributed by atoms with Crippen LogP contribution in [0.3, 0.4) is 0 Å². The highest BCUT2D eigenvalue weighted by Crippen LogP contribution is 2.29. The quantitative estimate of drug-likeness (QED) is 0.830. The van der Waals surface area contributed by atoms with Crippen LogP contribution in [0.4, 0.5) is 5.69 Å². The highest BCUT2D eigenvalue weighted by molar-refractivity contribution is 6.43. The Hall–Kier alpha value is -2.24. The first kappa shape index (κ1) is 17.1. The Balaban J connectivity index is 1.97. The SMILES string of the molecule is COC(=O)c1cccc(OCC(=O)Nc2cccc(Cl)c2Cl)c1. The number of rotatable bonds is 5. The third-order valence-corrected chi connectivity index (χ3v) is 3.67. The van der Waals surface area contributed by atoms with Gasteiger partial charge in [-0.3, -0.25) is 4.79 Å². The number of amides is 1. The number of carbonyl (C=O) groups excluding carboxylic acids is 2. The van der Waals surface area contributed by atoms with Crippen LogP contribution in [0.15, 0.2) is 42.5 Å². The molecule has 2 rings (SSSR count). The summed E-state index contributed by atoms with van der Waals surface area (Å²) in [4.78, 5) is 23.3. The number of hydrogen-bond acceptors (Lipinski definition) is 4. The van der Waals surface area contributed by atoms with Crippen LogP contribution in [0.5, 0.6) is 5.75 Å². The van der Waals surface area contributed by atoms with Crippen LogP contribution >= 0.6 is 23.2 Å². The number of esters is 1. The molecule has 0 aliphatic rings. The van der Waals surface area contributed by atoms with Crippen molar-refractivity contribution in [2.75, 3.05) is 19.0 Å². The van der Waals surface area contributed by atoms with Gasteiger partial charge in [0.15, 0.2) is 6.61 Å². The lowest BCUT2D eigenvalue weighted by Crippen LogP contribution is -2.20. The summed E-state index contributed by atoms with van der Waals surface area (Å²) in [6.07, 6.45) is 0. The summed E-state index contributed by atoms with van der Waals surface area (Å²) < 4.78 is 9.97. The topological polar surface area (TPSA) is 64.6 Å². The van der Waals surface area contributed by atoms with Crippen molar-refractivity contribution in [1.82, 2.24) is 0 Å². The zero-order valence-corrected chi connectivity index (χ0v) is 13.6. The van der Waals surface area contributed by atoms with Crippen LogP contribution in [0.1, 0.15) is 10.4 Å². The van der Waals surface area contributed by atoms with Crippen LogP contribution in [0.2, 0.25) is 10.0 Å². The number of nitrogens with one attached hydrogen (secondary N) is 1. The van der Waals surface area contributed by atoms with Gasteiger partial charge in [-0.15, -0.1) is 0 Å². The van der Waals surface area contributed by atoms with E-state index in [1.54, 1.807) is 36.4 Å². The monoisotopic (exact) mass is 353 g/mol. The van der Waals surface area contributed by atoms with Gasteiger partial charge in [0.1, 0.15) is 5.75 Å². The second-order valence-electron chi connectivity index (χ2n) is 4.46. The van der Waals surface area contributed by atoms with E-state index < -0.39 is 11.9 Å². The summed E-state index contributed by atoms with van der Waals surface area (Å²) in [5.74, 6) is -0.511. The van der Waals surface area contributed by atoms with E-state index in [4.69, 9.17) is 27.9 Å². The van der Waals surface area contributed by atoms with Crippen LogP contribution in [-0.4, -0.2) is 25.6 Å². The minimum atomic E-state index is -0.481. The van der Waals surface area contributed by atoms with Gasteiger partial charge in [-0.2, -0.15) is 0 Å². The number of halogens is 2. The van der Waals surface area contributed by atoms with Crippen molar-refractivity contribution in [2.24, 2.45) is 0 Å². The number of anilines is 1. The van der Waals surface area contributed by atoms with Crippen molar-refractivity contribution in [3.8, 4) is 5.75 Å². The molecule has 0 atom stereocenters. The lowest BCUT2D eigenvalue weighted by molar-refractivity contribution is -0.118. The van der Waals surface area contributed by atoms with Crippen molar-refractivity contribution in [3.05, 3.63) is 58.1 Å². The molecule has 0 radical (unpaired) electrons. The van der Waals surface area contributed by atoms with E-state index in [9.17, 15) is 9.59 Å². The van der Waals surface area contributed by atoms with E-state index in [1.807, 2.05) is 0 Å². The van der Waals surface area contributed by atoms with E-state index in [-0.39, 0.29) is 11.6 Å². The van der Waals surface area contributed by atoms with Gasteiger partial charge in [-0.05, 0) is 30.3 Å². The van der Waals surface area contributed by atoms with Crippen LogP contribution in [-0.2, 0) is 9.53 Å². The maximum Gasteiger partial charge on any atom is 0.337 e. The molecular formula is C16H13Cl2NO4. The molecule has 0 saturated heterocycles. The van der Waals surface area contributed by atoms with Crippen LogP contribution in [0.25, 0.3) is 0 Å². The highest BCUT2D eigenvalue weighted by Gasteiger charge is 2.10. The molecule has 1 N–H and O–H groups in total. The van der Waals surface area contributed by atoms with E-state index in [2.05, 4.69) is 10.1 Å². The number of ether oxygens (including phenoxy) is 2. The largest absolute Gasteiger partial charge is 0.484 e. The van der Waals surface area contributed by atoms with Gasteiger partial charge < -0.3 is 14.8 Å². The Morgan fingerprint density at radius 3 is 2.61 bits per heavy atom. The number of hydrogen-bond donors (Lipinski definition) is 1. The lowest BCUT2D eigenvalue weighted by atomic mass is 10.2. The predicted molar refractivity (Wildman–Crippen MR) is 88.4 cm³/mol. The highest BCUT2D eigenvalue weighted by atomic mass is 35.5. The van der Waals surface area contributed by atoms with Crippen molar-refractivity contribution in [2.45, 2.75) is 0 Å². The zero-order chi connectivity index (χ0) is 16.8. The summed E-state index contributed by atoms with van der Waals surface area (Å²) in [5, 5.41) is 3.20. The predicted octanol–water partition coefficient (Wildman–Crippen LogP) is 3.80. The molecule has 2 aromatic rings. The first-order chi connectivity index (χ1) is 11.0. The smallest absolute Gasteiger partial charge is 0.337 e. The summed E-state index contributed by atoms with van der Waals surface area (Å²) >= 11 is 11.9. The summed E-state index contributed by atoms with van der Waals surface area (Å²) in [6, 6.07) is 11.3. The van der Waals surface area contributed by atoms with E-state index in [0.29, 0.717) is 22.0 Å². The minimum Gasteiger partial charge on any atom is -0.484 e. The third kappa shape index (κ3) is 4.61. The van der Waals surface area contributed by atoms with Gasteiger partial charge in [0, 0.05) is 0 Å². The van der Waals surface area contributed by atoms with Gasteiger partial charge in [-0.1, -0.05) is 35.3 Å². The molecule has 0 aromatic heterocycles. The molecule has 7 heteroatoms. The fourth-order valence-electron chi connectivity index (χ4n) is 1.77. The summed E-state index contributed by atoms with van der Waals surface area (Å²) in [6.45, 7) is -0.243. The number of methoxy groups -OCH3 is 1. The molecule has 2 aromatic carbocycles. The van der Waals surface area contributed by atoms with Gasteiger partial charge in [0.05, 0.1) is 28.4 Å². The molecule has 0 aliphatic carbocycles. The van der Waals surface area contributed by atoms with Gasteiger partial charge in [-0.25, -0.2) is 4.79 Å². The maximum atomic E-state index is 11.9. The Bertz CT molecular complexity index is 734. The molecule has 0 heterocycles. The molecule has 0 unspecified atom stereocenters. The van der Waals surface area contributed by atoms with E-state index in [0.717, 1.165) is 0 Å². The van der Waals surface area contributed by atoms with Crippen LogP contribution in [0, 0.1) is 0 Å².